The quantitative estimate of drug-likeness (QED) is 0.693. The Balaban J connectivity index is 1.55. The summed E-state index contributed by atoms with van der Waals surface area (Å²) in [6, 6.07) is 5.15. The highest BCUT2D eigenvalue weighted by atomic mass is 32.1. The average molecular weight is 414 g/mol. The third kappa shape index (κ3) is 4.23. The lowest BCUT2D eigenvalue weighted by atomic mass is 10.0. The number of urea groups is 1. The fourth-order valence-corrected chi connectivity index (χ4v) is 4.43. The van der Waals surface area contributed by atoms with Crippen LogP contribution in [-0.4, -0.2) is 59.0 Å². The molecule has 0 saturated carbocycles. The lowest BCUT2D eigenvalue weighted by molar-refractivity contribution is 0.156. The maximum Gasteiger partial charge on any atom is 0.323 e. The van der Waals surface area contributed by atoms with Crippen molar-refractivity contribution in [2.45, 2.75) is 25.8 Å². The molecule has 6 nitrogen and oxygen atoms in total. The number of aromatic nitrogens is 2. The number of hydrogen-bond acceptors (Lipinski definition) is 5. The smallest absolute Gasteiger partial charge is 0.323 e. The van der Waals surface area contributed by atoms with E-state index in [0.717, 1.165) is 41.4 Å². The lowest BCUT2D eigenvalue weighted by Crippen LogP contribution is -2.46. The van der Waals surface area contributed by atoms with E-state index in [1.807, 2.05) is 20.0 Å². The van der Waals surface area contributed by atoms with E-state index in [1.54, 1.807) is 17.2 Å². The molecule has 0 atom stereocenters. The van der Waals surface area contributed by atoms with Gasteiger partial charge in [-0.3, -0.25) is 5.32 Å². The SMILES string of the molecule is Cc1ncc(-c2cc(F)c3cnc(NC(=O)N(C)C4CCN(C)CC4)cc3c2)s1. The Morgan fingerprint density at radius 1 is 1.24 bits per heavy atom. The second-order valence-corrected chi connectivity index (χ2v) is 8.80. The number of anilines is 1. The predicted octanol–water partition coefficient (Wildman–Crippen LogP) is 4.36. The Kier molecular flexibility index (Phi) is 5.47. The molecule has 1 aliphatic heterocycles. The molecule has 1 aliphatic rings. The fraction of sp³-hybridized carbons (Fsp3) is 0.381. The van der Waals surface area contributed by atoms with Crippen molar-refractivity contribution in [2.24, 2.45) is 0 Å². The average Bonchev–Trinajstić information content (AvgIpc) is 3.14. The molecular formula is C21H24FN5OS. The summed E-state index contributed by atoms with van der Waals surface area (Å²) in [5, 5.41) is 4.91. The number of piperidine rings is 1. The van der Waals surface area contributed by atoms with Gasteiger partial charge in [-0.1, -0.05) is 0 Å². The van der Waals surface area contributed by atoms with Gasteiger partial charge in [-0.15, -0.1) is 11.3 Å². The van der Waals surface area contributed by atoms with E-state index >= 15 is 0 Å². The normalized spacial score (nSPS) is 15.6. The number of rotatable bonds is 3. The van der Waals surface area contributed by atoms with Crippen molar-refractivity contribution in [3.8, 4) is 10.4 Å². The number of thiazole rings is 1. The first-order valence-electron chi connectivity index (χ1n) is 9.65. The summed E-state index contributed by atoms with van der Waals surface area (Å²) in [6.07, 6.45) is 5.13. The number of amides is 2. The van der Waals surface area contributed by atoms with Gasteiger partial charge >= 0.3 is 6.03 Å². The molecule has 1 aromatic carbocycles. The largest absolute Gasteiger partial charge is 0.324 e. The fourth-order valence-electron chi connectivity index (χ4n) is 3.66. The van der Waals surface area contributed by atoms with Crippen LogP contribution in [0.1, 0.15) is 17.8 Å². The van der Waals surface area contributed by atoms with Crippen LogP contribution in [0.3, 0.4) is 0 Å². The van der Waals surface area contributed by atoms with Crippen LogP contribution in [0.2, 0.25) is 0 Å². The predicted molar refractivity (Wildman–Crippen MR) is 115 cm³/mol. The molecular weight excluding hydrogens is 389 g/mol. The Hall–Kier alpha value is -2.58. The first-order chi connectivity index (χ1) is 13.9. The van der Waals surface area contributed by atoms with Crippen molar-refractivity contribution in [3.05, 3.63) is 41.4 Å². The highest BCUT2D eigenvalue weighted by Crippen LogP contribution is 2.31. The van der Waals surface area contributed by atoms with Crippen molar-refractivity contribution in [1.82, 2.24) is 19.8 Å². The van der Waals surface area contributed by atoms with Crippen LogP contribution >= 0.6 is 11.3 Å². The van der Waals surface area contributed by atoms with Crippen molar-refractivity contribution in [3.63, 3.8) is 0 Å². The first kappa shape index (κ1) is 19.7. The molecule has 2 aromatic heterocycles. The van der Waals surface area contributed by atoms with Gasteiger partial charge in [-0.25, -0.2) is 19.2 Å². The van der Waals surface area contributed by atoms with Crippen molar-refractivity contribution >= 4 is 34.0 Å². The number of likely N-dealkylation sites (tertiary alicyclic amines) is 1. The van der Waals surface area contributed by atoms with Gasteiger partial charge in [0, 0.05) is 30.9 Å². The summed E-state index contributed by atoms with van der Waals surface area (Å²) in [6.45, 7) is 3.88. The van der Waals surface area contributed by atoms with E-state index in [9.17, 15) is 9.18 Å². The third-order valence-electron chi connectivity index (χ3n) is 5.48. The molecule has 1 fully saturated rings. The van der Waals surface area contributed by atoms with E-state index < -0.39 is 0 Å². The molecule has 2 amide bonds. The van der Waals surface area contributed by atoms with Gasteiger partial charge in [0.05, 0.1) is 9.88 Å². The molecule has 1 saturated heterocycles. The molecule has 4 rings (SSSR count). The second-order valence-electron chi connectivity index (χ2n) is 7.57. The molecule has 0 unspecified atom stereocenters. The highest BCUT2D eigenvalue weighted by molar-refractivity contribution is 7.15. The van der Waals surface area contributed by atoms with Gasteiger partial charge in [-0.2, -0.15) is 0 Å². The molecule has 0 radical (unpaired) electrons. The summed E-state index contributed by atoms with van der Waals surface area (Å²) in [7, 11) is 3.91. The minimum absolute atomic E-state index is 0.193. The van der Waals surface area contributed by atoms with Gasteiger partial charge in [-0.05, 0) is 69.1 Å². The number of hydrogen-bond donors (Lipinski definition) is 1. The number of fused-ring (bicyclic) bond motifs is 1. The van der Waals surface area contributed by atoms with Crippen molar-refractivity contribution in [2.75, 3.05) is 32.5 Å². The van der Waals surface area contributed by atoms with Crippen LogP contribution in [0.25, 0.3) is 21.2 Å². The summed E-state index contributed by atoms with van der Waals surface area (Å²) >= 11 is 1.52. The van der Waals surface area contributed by atoms with Gasteiger partial charge in [0.25, 0.3) is 0 Å². The van der Waals surface area contributed by atoms with E-state index in [4.69, 9.17) is 0 Å². The molecule has 3 heterocycles. The van der Waals surface area contributed by atoms with Crippen LogP contribution in [0.15, 0.2) is 30.6 Å². The number of nitrogens with zero attached hydrogens (tertiary/aromatic N) is 4. The number of pyridine rings is 1. The number of carbonyl (C=O) groups is 1. The number of benzene rings is 1. The van der Waals surface area contributed by atoms with E-state index in [-0.39, 0.29) is 17.9 Å². The maximum atomic E-state index is 14.6. The topological polar surface area (TPSA) is 61.4 Å². The zero-order valence-electron chi connectivity index (χ0n) is 16.8. The standard InChI is InChI=1S/C21H24FN5OS/c1-13-23-12-19(29-13)15-8-14-10-20(24-11-17(14)18(22)9-15)25-21(28)27(3)16-4-6-26(2)7-5-16/h8-12,16H,4-7H2,1-3H3,(H,24,25,28). The summed E-state index contributed by atoms with van der Waals surface area (Å²) in [5.74, 6) is 0.0803. The Morgan fingerprint density at radius 2 is 2.00 bits per heavy atom. The first-order valence-corrected chi connectivity index (χ1v) is 10.5. The lowest BCUT2D eigenvalue weighted by Gasteiger charge is -2.34. The van der Waals surface area contributed by atoms with Crippen molar-refractivity contribution in [1.29, 1.82) is 0 Å². The molecule has 0 aliphatic carbocycles. The van der Waals surface area contributed by atoms with Crippen LogP contribution in [0.4, 0.5) is 15.0 Å². The molecule has 1 N–H and O–H groups in total. The van der Waals surface area contributed by atoms with Crippen LogP contribution in [-0.2, 0) is 0 Å². The highest BCUT2D eigenvalue weighted by Gasteiger charge is 2.24. The molecule has 152 valence electrons. The third-order valence-corrected chi connectivity index (χ3v) is 6.45. The number of halogens is 1. The summed E-state index contributed by atoms with van der Waals surface area (Å²) in [4.78, 5) is 26.1. The van der Waals surface area contributed by atoms with Crippen LogP contribution in [0, 0.1) is 12.7 Å². The van der Waals surface area contributed by atoms with Gasteiger partial charge in [0.1, 0.15) is 11.6 Å². The van der Waals surface area contributed by atoms with Crippen molar-refractivity contribution < 1.29 is 9.18 Å². The number of nitrogens with one attached hydrogen (secondary N) is 1. The maximum absolute atomic E-state index is 14.6. The zero-order valence-corrected chi connectivity index (χ0v) is 17.6. The van der Waals surface area contributed by atoms with E-state index in [0.29, 0.717) is 16.6 Å². The van der Waals surface area contributed by atoms with E-state index in [1.165, 1.54) is 23.6 Å². The number of carbonyl (C=O) groups excluding carboxylic acids is 1. The molecule has 3 aromatic rings. The van der Waals surface area contributed by atoms with Gasteiger partial charge < -0.3 is 9.80 Å². The molecule has 0 bridgehead atoms. The Bertz CT molecular complexity index is 1040. The van der Waals surface area contributed by atoms with E-state index in [2.05, 4.69) is 27.2 Å². The summed E-state index contributed by atoms with van der Waals surface area (Å²) < 4.78 is 14.6. The van der Waals surface area contributed by atoms with Gasteiger partial charge in [0.15, 0.2) is 0 Å². The van der Waals surface area contributed by atoms with Crippen LogP contribution in [0.5, 0.6) is 0 Å². The monoisotopic (exact) mass is 413 g/mol. The Morgan fingerprint density at radius 3 is 2.69 bits per heavy atom. The summed E-state index contributed by atoms with van der Waals surface area (Å²) in [5.41, 5.74) is 0.771. The second kappa shape index (κ2) is 8.04. The molecule has 0 spiro atoms. The molecule has 29 heavy (non-hydrogen) atoms. The van der Waals surface area contributed by atoms with Crippen LogP contribution < -0.4 is 5.32 Å². The van der Waals surface area contributed by atoms with Gasteiger partial charge in [0.2, 0.25) is 0 Å². The zero-order chi connectivity index (χ0) is 20.5. The molecule has 8 heteroatoms. The number of aryl methyl sites for hydroxylation is 1. The minimum Gasteiger partial charge on any atom is -0.324 e. The minimum atomic E-state index is -0.336. The Labute approximate surface area is 173 Å².